The average molecular weight is 398 g/mol. The van der Waals surface area contributed by atoms with Crippen LogP contribution in [0.4, 0.5) is 17.1 Å². The van der Waals surface area contributed by atoms with Crippen molar-refractivity contribution in [2.75, 3.05) is 16.8 Å². The smallest absolute Gasteiger partial charge is 0.270 e. The molecule has 154 valence electrons. The van der Waals surface area contributed by atoms with Crippen LogP contribution in [0.3, 0.4) is 0 Å². The number of nitro benzene ring substituents is 1. The van der Waals surface area contributed by atoms with Crippen LogP contribution in [-0.4, -0.2) is 35.4 Å². The molecule has 0 aliphatic heterocycles. The molecule has 0 fully saturated rings. The van der Waals surface area contributed by atoms with Crippen LogP contribution in [0.25, 0.3) is 0 Å². The molecule has 1 unspecified atom stereocenters. The Kier molecular flexibility index (Phi) is 7.30. The summed E-state index contributed by atoms with van der Waals surface area (Å²) in [5, 5.41) is 16.2. The van der Waals surface area contributed by atoms with Gasteiger partial charge in [-0.3, -0.25) is 19.7 Å². The van der Waals surface area contributed by atoms with Crippen molar-refractivity contribution in [2.45, 2.75) is 39.8 Å². The van der Waals surface area contributed by atoms with Gasteiger partial charge in [-0.2, -0.15) is 0 Å². The summed E-state index contributed by atoms with van der Waals surface area (Å²) < 4.78 is 0. The number of carbonyl (C=O) groups is 2. The quantitative estimate of drug-likeness (QED) is 0.522. The molecule has 0 saturated carbocycles. The minimum absolute atomic E-state index is 0.122. The predicted molar refractivity (Wildman–Crippen MR) is 113 cm³/mol. The highest BCUT2D eigenvalue weighted by Gasteiger charge is 2.18. The molecule has 2 N–H and O–H groups in total. The molecule has 8 heteroatoms. The molecule has 2 amide bonds. The Balaban J connectivity index is 1.99. The molecule has 0 radical (unpaired) electrons. The summed E-state index contributed by atoms with van der Waals surface area (Å²) >= 11 is 0. The van der Waals surface area contributed by atoms with E-state index in [4.69, 9.17) is 0 Å². The van der Waals surface area contributed by atoms with E-state index in [0.717, 1.165) is 12.2 Å². The number of carbonyl (C=O) groups excluding carboxylic acids is 2. The number of anilines is 2. The van der Waals surface area contributed by atoms with E-state index in [-0.39, 0.29) is 17.2 Å². The second-order valence-corrected chi connectivity index (χ2v) is 6.92. The van der Waals surface area contributed by atoms with Crippen LogP contribution in [0.2, 0.25) is 0 Å². The standard InChI is InChI=1S/C21H26N4O4/c1-5-24(14(2)3)18-11-9-17(10-12-18)23-20(26)15(4)22-21(27)16-7-6-8-19(13-16)25(28)29/h6-15H,5H2,1-4H3,(H,22,27)(H,23,26). The van der Waals surface area contributed by atoms with Gasteiger partial charge in [0.05, 0.1) is 4.92 Å². The molecular formula is C21H26N4O4. The molecule has 0 spiro atoms. The summed E-state index contributed by atoms with van der Waals surface area (Å²) in [7, 11) is 0. The van der Waals surface area contributed by atoms with E-state index in [1.165, 1.54) is 24.3 Å². The SMILES string of the molecule is CCN(c1ccc(NC(=O)C(C)NC(=O)c2cccc([N+](=O)[O-])c2)cc1)C(C)C. The molecule has 0 saturated heterocycles. The Hall–Kier alpha value is -3.42. The van der Waals surface area contributed by atoms with E-state index in [1.54, 1.807) is 6.92 Å². The van der Waals surface area contributed by atoms with Gasteiger partial charge in [0.2, 0.25) is 5.91 Å². The number of benzene rings is 2. The molecule has 0 aromatic heterocycles. The molecule has 2 aromatic carbocycles. The van der Waals surface area contributed by atoms with E-state index in [0.29, 0.717) is 11.7 Å². The van der Waals surface area contributed by atoms with Gasteiger partial charge in [-0.1, -0.05) is 6.07 Å². The molecular weight excluding hydrogens is 372 g/mol. The highest BCUT2D eigenvalue weighted by Crippen LogP contribution is 2.20. The summed E-state index contributed by atoms with van der Waals surface area (Å²) in [6.45, 7) is 8.75. The van der Waals surface area contributed by atoms with Gasteiger partial charge in [0, 0.05) is 41.7 Å². The van der Waals surface area contributed by atoms with Gasteiger partial charge < -0.3 is 15.5 Å². The van der Waals surface area contributed by atoms with Crippen molar-refractivity contribution in [2.24, 2.45) is 0 Å². The number of nitro groups is 1. The van der Waals surface area contributed by atoms with Crippen LogP contribution in [0.1, 0.15) is 38.1 Å². The van der Waals surface area contributed by atoms with Gasteiger partial charge >= 0.3 is 0 Å². The minimum atomic E-state index is -0.816. The maximum atomic E-state index is 12.4. The van der Waals surface area contributed by atoms with Gasteiger partial charge in [-0.05, 0) is 58.0 Å². The number of nitrogens with zero attached hydrogens (tertiary/aromatic N) is 2. The van der Waals surface area contributed by atoms with Gasteiger partial charge in [-0.15, -0.1) is 0 Å². The van der Waals surface area contributed by atoms with E-state index in [1.807, 2.05) is 24.3 Å². The zero-order valence-electron chi connectivity index (χ0n) is 17.0. The number of rotatable bonds is 8. The first-order chi connectivity index (χ1) is 13.7. The predicted octanol–water partition coefficient (Wildman–Crippen LogP) is 3.59. The Morgan fingerprint density at radius 2 is 1.76 bits per heavy atom. The highest BCUT2D eigenvalue weighted by molar-refractivity contribution is 6.01. The van der Waals surface area contributed by atoms with Crippen molar-refractivity contribution in [3.8, 4) is 0 Å². The lowest BCUT2D eigenvalue weighted by molar-refractivity contribution is -0.384. The third kappa shape index (κ3) is 5.78. The van der Waals surface area contributed by atoms with Crippen molar-refractivity contribution in [1.82, 2.24) is 5.32 Å². The second-order valence-electron chi connectivity index (χ2n) is 6.92. The van der Waals surface area contributed by atoms with Gasteiger partial charge in [0.15, 0.2) is 0 Å². The molecule has 29 heavy (non-hydrogen) atoms. The zero-order valence-corrected chi connectivity index (χ0v) is 17.0. The van der Waals surface area contributed by atoms with Crippen molar-refractivity contribution < 1.29 is 14.5 Å². The molecule has 0 aliphatic rings. The molecule has 2 aromatic rings. The number of amides is 2. The lowest BCUT2D eigenvalue weighted by atomic mass is 10.1. The van der Waals surface area contributed by atoms with Crippen LogP contribution < -0.4 is 15.5 Å². The molecule has 0 heterocycles. The Morgan fingerprint density at radius 3 is 2.31 bits per heavy atom. The number of non-ortho nitro benzene ring substituents is 1. The summed E-state index contributed by atoms with van der Waals surface area (Å²) in [5.74, 6) is -0.935. The number of hydrogen-bond donors (Lipinski definition) is 2. The van der Waals surface area contributed by atoms with Gasteiger partial charge in [-0.25, -0.2) is 0 Å². The first kappa shape index (κ1) is 21.9. The third-order valence-electron chi connectivity index (χ3n) is 4.49. The van der Waals surface area contributed by atoms with Gasteiger partial charge in [0.1, 0.15) is 6.04 Å². The molecule has 8 nitrogen and oxygen atoms in total. The van der Waals surface area contributed by atoms with E-state index >= 15 is 0 Å². The first-order valence-electron chi connectivity index (χ1n) is 9.45. The monoisotopic (exact) mass is 398 g/mol. The molecule has 0 aliphatic carbocycles. The highest BCUT2D eigenvalue weighted by atomic mass is 16.6. The lowest BCUT2D eigenvalue weighted by Crippen LogP contribution is -2.41. The maximum Gasteiger partial charge on any atom is 0.270 e. The fourth-order valence-corrected chi connectivity index (χ4v) is 2.94. The fourth-order valence-electron chi connectivity index (χ4n) is 2.94. The Labute approximate surface area is 170 Å². The van der Waals surface area contributed by atoms with E-state index < -0.39 is 16.9 Å². The van der Waals surface area contributed by atoms with E-state index in [2.05, 4.69) is 36.3 Å². The molecule has 0 bridgehead atoms. The Bertz CT molecular complexity index is 881. The topological polar surface area (TPSA) is 105 Å². The summed E-state index contributed by atoms with van der Waals surface area (Å²) in [5.41, 5.74) is 1.62. The maximum absolute atomic E-state index is 12.4. The average Bonchev–Trinajstić information content (AvgIpc) is 2.69. The second kappa shape index (κ2) is 9.68. The van der Waals surface area contributed by atoms with Crippen molar-refractivity contribution in [3.63, 3.8) is 0 Å². The largest absolute Gasteiger partial charge is 0.369 e. The minimum Gasteiger partial charge on any atom is -0.369 e. The van der Waals surface area contributed by atoms with Crippen LogP contribution >= 0.6 is 0 Å². The summed E-state index contributed by atoms with van der Waals surface area (Å²) in [6.07, 6.45) is 0. The van der Waals surface area contributed by atoms with E-state index in [9.17, 15) is 19.7 Å². The molecule has 1 atom stereocenters. The third-order valence-corrected chi connectivity index (χ3v) is 4.49. The van der Waals surface area contributed by atoms with Crippen molar-refractivity contribution >= 4 is 28.9 Å². The summed E-state index contributed by atoms with van der Waals surface area (Å²) in [6, 6.07) is 12.4. The van der Waals surface area contributed by atoms with Crippen LogP contribution in [-0.2, 0) is 4.79 Å². The number of hydrogen-bond acceptors (Lipinski definition) is 5. The van der Waals surface area contributed by atoms with Crippen LogP contribution in [0, 0.1) is 10.1 Å². The Morgan fingerprint density at radius 1 is 1.10 bits per heavy atom. The fraction of sp³-hybridized carbons (Fsp3) is 0.333. The molecule has 2 rings (SSSR count). The zero-order chi connectivity index (χ0) is 21.6. The lowest BCUT2D eigenvalue weighted by Gasteiger charge is -2.27. The normalized spacial score (nSPS) is 11.6. The van der Waals surface area contributed by atoms with Crippen molar-refractivity contribution in [3.05, 3.63) is 64.2 Å². The van der Waals surface area contributed by atoms with Crippen LogP contribution in [0.15, 0.2) is 48.5 Å². The van der Waals surface area contributed by atoms with Gasteiger partial charge in [0.25, 0.3) is 11.6 Å². The first-order valence-corrected chi connectivity index (χ1v) is 9.45. The number of nitrogens with one attached hydrogen (secondary N) is 2. The van der Waals surface area contributed by atoms with Crippen molar-refractivity contribution in [1.29, 1.82) is 0 Å². The van der Waals surface area contributed by atoms with Crippen LogP contribution in [0.5, 0.6) is 0 Å². The summed E-state index contributed by atoms with van der Waals surface area (Å²) in [4.78, 5) is 37.2.